The molecule has 1 aliphatic carbocycles. The van der Waals surface area contributed by atoms with E-state index in [9.17, 15) is 13.2 Å². The largest absolute Gasteiger partial charge is 0.467 e. The summed E-state index contributed by atoms with van der Waals surface area (Å²) >= 11 is 0. The van der Waals surface area contributed by atoms with Crippen LogP contribution in [0.25, 0.3) is 0 Å². The fourth-order valence-electron chi connectivity index (χ4n) is 3.60. The molecule has 2 heterocycles. The molecular formula is C16H23NO4S. The fraction of sp³-hybridized carbons (Fsp3) is 0.688. The van der Waals surface area contributed by atoms with Gasteiger partial charge in [0.05, 0.1) is 24.3 Å². The lowest BCUT2D eigenvalue weighted by molar-refractivity contribution is -0.135. The average Bonchev–Trinajstić information content (AvgIpc) is 3.18. The minimum Gasteiger partial charge on any atom is -0.467 e. The van der Waals surface area contributed by atoms with E-state index in [0.29, 0.717) is 19.4 Å². The number of rotatable bonds is 5. The number of sulfone groups is 1. The van der Waals surface area contributed by atoms with Gasteiger partial charge in [0.15, 0.2) is 9.84 Å². The molecule has 0 radical (unpaired) electrons. The second kappa shape index (κ2) is 6.44. The molecule has 2 fully saturated rings. The Labute approximate surface area is 131 Å². The highest BCUT2D eigenvalue weighted by atomic mass is 32.2. The number of furan rings is 1. The molecule has 0 bridgehead atoms. The smallest absolute Gasteiger partial charge is 0.223 e. The van der Waals surface area contributed by atoms with Crippen LogP contribution in [0.4, 0.5) is 0 Å². The minimum absolute atomic E-state index is 0.0157. The SMILES string of the molecule is O=C(C[C@H]1CCS(=O)(=O)C1)N(Cc1ccco1)C1CCCC1. The van der Waals surface area contributed by atoms with Crippen molar-refractivity contribution in [3.63, 3.8) is 0 Å². The Morgan fingerprint density at radius 1 is 1.27 bits per heavy atom. The Morgan fingerprint density at radius 3 is 2.64 bits per heavy atom. The van der Waals surface area contributed by atoms with Crippen molar-refractivity contribution >= 4 is 15.7 Å². The summed E-state index contributed by atoms with van der Waals surface area (Å²) < 4.78 is 28.5. The van der Waals surface area contributed by atoms with Crippen LogP contribution in [0.5, 0.6) is 0 Å². The van der Waals surface area contributed by atoms with Gasteiger partial charge in [0.2, 0.25) is 5.91 Å². The number of carbonyl (C=O) groups is 1. The Hall–Kier alpha value is -1.30. The highest BCUT2D eigenvalue weighted by Crippen LogP contribution is 2.28. The highest BCUT2D eigenvalue weighted by Gasteiger charge is 2.33. The first-order valence-corrected chi connectivity index (χ1v) is 9.88. The van der Waals surface area contributed by atoms with Crippen molar-refractivity contribution in [1.82, 2.24) is 4.90 Å². The third-order valence-corrected chi connectivity index (χ3v) is 6.62. The topological polar surface area (TPSA) is 67.6 Å². The number of nitrogens with zero attached hydrogens (tertiary/aromatic N) is 1. The molecule has 1 saturated carbocycles. The molecule has 1 aliphatic heterocycles. The Bertz CT molecular complexity index is 602. The summed E-state index contributed by atoms with van der Waals surface area (Å²) in [6, 6.07) is 3.99. The van der Waals surface area contributed by atoms with Crippen LogP contribution >= 0.6 is 0 Å². The van der Waals surface area contributed by atoms with Gasteiger partial charge in [0.1, 0.15) is 5.76 Å². The summed E-state index contributed by atoms with van der Waals surface area (Å²) in [7, 11) is -2.93. The summed E-state index contributed by atoms with van der Waals surface area (Å²) in [5.74, 6) is 1.24. The molecule has 22 heavy (non-hydrogen) atoms. The van der Waals surface area contributed by atoms with Gasteiger partial charge in [-0.2, -0.15) is 0 Å². The Balaban J connectivity index is 1.66. The quantitative estimate of drug-likeness (QED) is 0.833. The van der Waals surface area contributed by atoms with Gasteiger partial charge in [0.25, 0.3) is 0 Å². The molecule has 1 atom stereocenters. The van der Waals surface area contributed by atoms with Crippen molar-refractivity contribution in [2.45, 2.75) is 51.1 Å². The van der Waals surface area contributed by atoms with Crippen molar-refractivity contribution in [2.75, 3.05) is 11.5 Å². The fourth-order valence-corrected chi connectivity index (χ4v) is 5.47. The molecule has 0 spiro atoms. The van der Waals surface area contributed by atoms with E-state index in [1.54, 1.807) is 6.26 Å². The Kier molecular flexibility index (Phi) is 4.57. The molecule has 122 valence electrons. The molecule has 2 aliphatic rings. The summed E-state index contributed by atoms with van der Waals surface area (Å²) in [6.45, 7) is 0.496. The van der Waals surface area contributed by atoms with Gasteiger partial charge in [0, 0.05) is 12.5 Å². The summed E-state index contributed by atoms with van der Waals surface area (Å²) in [6.07, 6.45) is 6.97. The summed E-state index contributed by atoms with van der Waals surface area (Å²) in [5, 5.41) is 0. The summed E-state index contributed by atoms with van der Waals surface area (Å²) in [5.41, 5.74) is 0. The summed E-state index contributed by atoms with van der Waals surface area (Å²) in [4.78, 5) is 14.6. The van der Waals surface area contributed by atoms with Crippen LogP contribution in [-0.4, -0.2) is 36.8 Å². The monoisotopic (exact) mass is 325 g/mol. The van der Waals surface area contributed by atoms with Crippen molar-refractivity contribution in [2.24, 2.45) is 5.92 Å². The first-order valence-electron chi connectivity index (χ1n) is 8.06. The van der Waals surface area contributed by atoms with Crippen LogP contribution in [0, 0.1) is 5.92 Å². The molecule has 5 nitrogen and oxygen atoms in total. The normalized spacial score (nSPS) is 24.6. The van der Waals surface area contributed by atoms with E-state index in [-0.39, 0.29) is 29.4 Å². The molecule has 1 aromatic heterocycles. The number of hydrogen-bond acceptors (Lipinski definition) is 4. The van der Waals surface area contributed by atoms with Crippen LogP contribution in [0.3, 0.4) is 0 Å². The molecule has 6 heteroatoms. The van der Waals surface area contributed by atoms with Gasteiger partial charge < -0.3 is 9.32 Å². The van der Waals surface area contributed by atoms with Crippen molar-refractivity contribution in [1.29, 1.82) is 0 Å². The lowest BCUT2D eigenvalue weighted by Gasteiger charge is -2.29. The highest BCUT2D eigenvalue weighted by molar-refractivity contribution is 7.91. The van der Waals surface area contributed by atoms with Crippen LogP contribution in [0.2, 0.25) is 0 Å². The van der Waals surface area contributed by atoms with E-state index in [4.69, 9.17) is 4.42 Å². The maximum Gasteiger partial charge on any atom is 0.223 e. The van der Waals surface area contributed by atoms with Gasteiger partial charge in [-0.1, -0.05) is 12.8 Å². The van der Waals surface area contributed by atoms with Gasteiger partial charge in [-0.3, -0.25) is 4.79 Å². The number of amides is 1. The minimum atomic E-state index is -2.93. The molecular weight excluding hydrogens is 302 g/mol. The van der Waals surface area contributed by atoms with Gasteiger partial charge in [-0.15, -0.1) is 0 Å². The zero-order valence-electron chi connectivity index (χ0n) is 12.7. The molecule has 0 N–H and O–H groups in total. The lowest BCUT2D eigenvalue weighted by atomic mass is 10.0. The van der Waals surface area contributed by atoms with E-state index in [0.717, 1.165) is 31.4 Å². The van der Waals surface area contributed by atoms with Crippen LogP contribution in [0.15, 0.2) is 22.8 Å². The van der Waals surface area contributed by atoms with E-state index in [1.807, 2.05) is 17.0 Å². The second-order valence-corrected chi connectivity index (χ2v) is 8.74. The van der Waals surface area contributed by atoms with E-state index >= 15 is 0 Å². The van der Waals surface area contributed by atoms with Gasteiger partial charge in [-0.25, -0.2) is 8.42 Å². The second-order valence-electron chi connectivity index (χ2n) is 6.51. The zero-order chi connectivity index (χ0) is 15.6. The molecule has 0 unspecified atom stereocenters. The Morgan fingerprint density at radius 2 is 2.05 bits per heavy atom. The average molecular weight is 325 g/mol. The van der Waals surface area contributed by atoms with Crippen molar-refractivity contribution in [3.05, 3.63) is 24.2 Å². The van der Waals surface area contributed by atoms with Gasteiger partial charge >= 0.3 is 0 Å². The zero-order valence-corrected chi connectivity index (χ0v) is 13.6. The molecule has 1 aromatic rings. The van der Waals surface area contributed by atoms with Crippen molar-refractivity contribution in [3.8, 4) is 0 Å². The third kappa shape index (κ3) is 3.72. The first-order chi connectivity index (χ1) is 10.5. The van der Waals surface area contributed by atoms with E-state index in [1.165, 1.54) is 0 Å². The van der Waals surface area contributed by atoms with E-state index < -0.39 is 9.84 Å². The predicted molar refractivity (Wildman–Crippen MR) is 82.9 cm³/mol. The van der Waals surface area contributed by atoms with Crippen LogP contribution in [0.1, 0.15) is 44.3 Å². The predicted octanol–water partition coefficient (Wildman–Crippen LogP) is 2.38. The standard InChI is InChI=1S/C16H23NO4S/c18-16(10-13-7-9-22(19,20)12-13)17(14-4-1-2-5-14)11-15-6-3-8-21-15/h3,6,8,13-14H,1-2,4-5,7,9-12H2/t13-/m1/s1. The third-order valence-electron chi connectivity index (χ3n) is 4.78. The number of carbonyl (C=O) groups excluding carboxylic acids is 1. The van der Waals surface area contributed by atoms with Gasteiger partial charge in [-0.05, 0) is 37.3 Å². The molecule has 1 saturated heterocycles. The first kappa shape index (κ1) is 15.6. The van der Waals surface area contributed by atoms with Crippen LogP contribution in [-0.2, 0) is 21.2 Å². The number of hydrogen-bond donors (Lipinski definition) is 0. The molecule has 3 rings (SSSR count). The molecule has 1 amide bonds. The maximum absolute atomic E-state index is 12.7. The van der Waals surface area contributed by atoms with Crippen LogP contribution < -0.4 is 0 Å². The molecule has 0 aromatic carbocycles. The lowest BCUT2D eigenvalue weighted by Crippen LogP contribution is -2.39. The maximum atomic E-state index is 12.7. The van der Waals surface area contributed by atoms with Crippen molar-refractivity contribution < 1.29 is 17.6 Å². The van der Waals surface area contributed by atoms with E-state index in [2.05, 4.69) is 0 Å².